The van der Waals surface area contributed by atoms with Gasteiger partial charge in [0, 0.05) is 0 Å². The number of nitrogen functional groups attached to an aromatic ring is 1. The van der Waals surface area contributed by atoms with E-state index in [4.69, 9.17) is 10.5 Å². The number of carbonyl (C=O) groups excluding carboxylic acids is 1. The van der Waals surface area contributed by atoms with E-state index >= 15 is 0 Å². The van der Waals surface area contributed by atoms with Crippen LogP contribution in [0.4, 0.5) is 24.5 Å². The van der Waals surface area contributed by atoms with Crippen LogP contribution in [-0.2, 0) is 11.0 Å². The molecule has 1 unspecified atom stereocenters. The molecule has 3 N–H and O–H groups in total. The normalized spacial score (nSPS) is 18.8. The van der Waals surface area contributed by atoms with Crippen LogP contribution in [0.25, 0.3) is 0 Å². The van der Waals surface area contributed by atoms with E-state index in [2.05, 4.69) is 5.32 Å². The molecule has 7 heteroatoms. The summed E-state index contributed by atoms with van der Waals surface area (Å²) in [5.41, 5.74) is 4.46. The Labute approximate surface area is 107 Å². The van der Waals surface area contributed by atoms with Crippen LogP contribution in [0.1, 0.15) is 19.4 Å². The van der Waals surface area contributed by atoms with E-state index in [-0.39, 0.29) is 23.0 Å². The summed E-state index contributed by atoms with van der Waals surface area (Å²) in [6.07, 6.45) is -5.28. The third kappa shape index (κ3) is 2.45. The number of anilines is 2. The van der Waals surface area contributed by atoms with Gasteiger partial charge in [-0.15, -0.1) is 0 Å². The molecule has 1 aromatic carbocycles. The summed E-state index contributed by atoms with van der Waals surface area (Å²) in [4.78, 5) is 11.7. The van der Waals surface area contributed by atoms with E-state index in [1.54, 1.807) is 13.8 Å². The molecule has 1 amide bonds. The number of halogens is 3. The highest BCUT2D eigenvalue weighted by molar-refractivity contribution is 5.99. The number of hydrogen-bond acceptors (Lipinski definition) is 3. The standard InChI is InChI=1S/C12H13F3N2O2/c1-5(2)9-11(18)17-8-4-6(12(13,14)15)3-7(16)10(8)19-9/h3-5,9H,16H2,1-2H3,(H,17,18). The lowest BCUT2D eigenvalue weighted by Gasteiger charge is -2.29. The zero-order valence-electron chi connectivity index (χ0n) is 10.3. The number of nitrogens with two attached hydrogens (primary N) is 1. The molecule has 1 aromatic rings. The molecule has 2 rings (SSSR count). The molecule has 0 aliphatic carbocycles. The highest BCUT2D eigenvalue weighted by Crippen LogP contribution is 2.41. The van der Waals surface area contributed by atoms with Gasteiger partial charge in [0.1, 0.15) is 0 Å². The van der Waals surface area contributed by atoms with Gasteiger partial charge >= 0.3 is 6.18 Å². The second-order valence-electron chi connectivity index (χ2n) is 4.71. The van der Waals surface area contributed by atoms with Gasteiger partial charge in [-0.05, 0) is 18.1 Å². The molecule has 4 nitrogen and oxygen atoms in total. The fraction of sp³-hybridized carbons (Fsp3) is 0.417. The van der Waals surface area contributed by atoms with Gasteiger partial charge in [-0.1, -0.05) is 13.8 Å². The maximum absolute atomic E-state index is 12.6. The summed E-state index contributed by atoms with van der Waals surface area (Å²) in [5.74, 6) is -0.498. The van der Waals surface area contributed by atoms with Crippen LogP contribution < -0.4 is 15.8 Å². The number of alkyl halides is 3. The van der Waals surface area contributed by atoms with Gasteiger partial charge in [-0.25, -0.2) is 0 Å². The molecule has 19 heavy (non-hydrogen) atoms. The van der Waals surface area contributed by atoms with Gasteiger partial charge < -0.3 is 15.8 Å². The second-order valence-corrected chi connectivity index (χ2v) is 4.71. The van der Waals surface area contributed by atoms with Crippen LogP contribution in [0.15, 0.2) is 12.1 Å². The maximum Gasteiger partial charge on any atom is 0.416 e. The third-order valence-corrected chi connectivity index (χ3v) is 2.81. The van der Waals surface area contributed by atoms with Crippen molar-refractivity contribution in [2.45, 2.75) is 26.1 Å². The van der Waals surface area contributed by atoms with Crippen molar-refractivity contribution >= 4 is 17.3 Å². The Hall–Kier alpha value is -1.92. The smallest absolute Gasteiger partial charge is 0.416 e. The Morgan fingerprint density at radius 2 is 2.00 bits per heavy atom. The van der Waals surface area contributed by atoms with Gasteiger partial charge in [0.15, 0.2) is 11.9 Å². The summed E-state index contributed by atoms with van der Waals surface area (Å²) in [6, 6.07) is 1.62. The topological polar surface area (TPSA) is 64.3 Å². The fourth-order valence-electron chi connectivity index (χ4n) is 1.86. The van der Waals surface area contributed by atoms with Gasteiger partial charge in [-0.2, -0.15) is 13.2 Å². The van der Waals surface area contributed by atoms with Crippen LogP contribution in [0, 0.1) is 5.92 Å². The maximum atomic E-state index is 12.6. The molecule has 0 bridgehead atoms. The highest BCUT2D eigenvalue weighted by Gasteiger charge is 2.36. The Bertz CT molecular complexity index is 526. The molecule has 0 saturated carbocycles. The van der Waals surface area contributed by atoms with Crippen LogP contribution in [-0.4, -0.2) is 12.0 Å². The van der Waals surface area contributed by atoms with Crippen molar-refractivity contribution < 1.29 is 22.7 Å². The van der Waals surface area contributed by atoms with Crippen LogP contribution in [0.2, 0.25) is 0 Å². The van der Waals surface area contributed by atoms with Gasteiger partial charge in [0.2, 0.25) is 0 Å². The van der Waals surface area contributed by atoms with Crippen molar-refractivity contribution in [3.63, 3.8) is 0 Å². The molecule has 1 atom stereocenters. The first-order valence-corrected chi connectivity index (χ1v) is 5.68. The van der Waals surface area contributed by atoms with Crippen LogP contribution in [0.3, 0.4) is 0 Å². The summed E-state index contributed by atoms with van der Waals surface area (Å²) in [7, 11) is 0. The van der Waals surface area contributed by atoms with Crippen molar-refractivity contribution in [3.05, 3.63) is 17.7 Å². The van der Waals surface area contributed by atoms with Gasteiger partial charge in [0.05, 0.1) is 16.9 Å². The molecule has 1 aliphatic heterocycles. The average Bonchev–Trinajstić information content (AvgIpc) is 2.26. The molecule has 0 saturated heterocycles. The van der Waals surface area contributed by atoms with E-state index < -0.39 is 23.8 Å². The lowest BCUT2D eigenvalue weighted by Crippen LogP contribution is -2.41. The van der Waals surface area contributed by atoms with E-state index in [1.807, 2.05) is 0 Å². The van der Waals surface area contributed by atoms with E-state index in [0.29, 0.717) is 0 Å². The van der Waals surface area contributed by atoms with Crippen molar-refractivity contribution in [2.24, 2.45) is 5.92 Å². The molecule has 104 valence electrons. The lowest BCUT2D eigenvalue weighted by molar-refractivity contribution is -0.137. The summed E-state index contributed by atoms with van der Waals surface area (Å²) in [5, 5.41) is 2.40. The minimum absolute atomic E-state index is 0.0470. The van der Waals surface area contributed by atoms with Crippen LogP contribution in [0.5, 0.6) is 5.75 Å². The Balaban J connectivity index is 2.46. The molecule has 0 aromatic heterocycles. The number of carbonyl (C=O) groups is 1. The third-order valence-electron chi connectivity index (χ3n) is 2.81. The average molecular weight is 274 g/mol. The van der Waals surface area contributed by atoms with E-state index in [9.17, 15) is 18.0 Å². The SMILES string of the molecule is CC(C)C1Oc2c(N)cc(C(F)(F)F)cc2NC1=O. The molecule has 0 spiro atoms. The first-order valence-electron chi connectivity index (χ1n) is 5.68. The van der Waals surface area contributed by atoms with Crippen LogP contribution >= 0.6 is 0 Å². The second kappa shape index (κ2) is 4.32. The van der Waals surface area contributed by atoms with Crippen molar-refractivity contribution in [3.8, 4) is 5.75 Å². The summed E-state index contributed by atoms with van der Waals surface area (Å²) in [6.45, 7) is 3.55. The first-order chi connectivity index (χ1) is 8.70. The predicted molar refractivity (Wildman–Crippen MR) is 63.7 cm³/mol. The van der Waals surface area contributed by atoms with Crippen molar-refractivity contribution in [2.75, 3.05) is 11.1 Å². The Morgan fingerprint density at radius 1 is 1.37 bits per heavy atom. The zero-order valence-corrected chi connectivity index (χ0v) is 10.3. The first kappa shape index (κ1) is 13.5. The zero-order chi connectivity index (χ0) is 14.4. The molecular formula is C12H13F3N2O2. The molecule has 0 radical (unpaired) electrons. The highest BCUT2D eigenvalue weighted by atomic mass is 19.4. The Kier molecular flexibility index (Phi) is 3.07. The summed E-state index contributed by atoms with van der Waals surface area (Å²) >= 11 is 0. The molecular weight excluding hydrogens is 261 g/mol. The minimum atomic E-state index is -4.53. The molecule has 1 aliphatic rings. The van der Waals surface area contributed by atoms with E-state index in [0.717, 1.165) is 12.1 Å². The number of benzene rings is 1. The minimum Gasteiger partial charge on any atom is -0.476 e. The number of rotatable bonds is 1. The predicted octanol–water partition coefficient (Wildman–Crippen LogP) is 2.64. The molecule has 0 fully saturated rings. The quantitative estimate of drug-likeness (QED) is 0.774. The number of amides is 1. The van der Waals surface area contributed by atoms with Crippen molar-refractivity contribution in [1.82, 2.24) is 0 Å². The van der Waals surface area contributed by atoms with Crippen molar-refractivity contribution in [1.29, 1.82) is 0 Å². The van der Waals surface area contributed by atoms with Gasteiger partial charge in [0.25, 0.3) is 5.91 Å². The fourth-order valence-corrected chi connectivity index (χ4v) is 1.86. The molecule has 1 heterocycles. The lowest BCUT2D eigenvalue weighted by atomic mass is 10.0. The Morgan fingerprint density at radius 3 is 2.53 bits per heavy atom. The van der Waals surface area contributed by atoms with E-state index in [1.165, 1.54) is 0 Å². The van der Waals surface area contributed by atoms with Gasteiger partial charge in [-0.3, -0.25) is 4.79 Å². The monoisotopic (exact) mass is 274 g/mol. The number of nitrogens with one attached hydrogen (secondary N) is 1. The number of ether oxygens (including phenoxy) is 1. The largest absolute Gasteiger partial charge is 0.476 e. The number of fused-ring (bicyclic) bond motifs is 1. The number of hydrogen-bond donors (Lipinski definition) is 2. The summed E-state index contributed by atoms with van der Waals surface area (Å²) < 4.78 is 43.3.